The van der Waals surface area contributed by atoms with Crippen LogP contribution in [-0.2, 0) is 4.79 Å². The minimum Gasteiger partial charge on any atom is -0.287 e. The van der Waals surface area contributed by atoms with Crippen LogP contribution in [0.5, 0.6) is 0 Å². The van der Waals surface area contributed by atoms with Gasteiger partial charge in [0.2, 0.25) is 0 Å². The first-order chi connectivity index (χ1) is 3.75. The van der Waals surface area contributed by atoms with Gasteiger partial charge < -0.3 is 0 Å². The predicted octanol–water partition coefficient (Wildman–Crippen LogP) is 1.67. The smallest absolute Gasteiger partial charge is 0.193 e. The van der Waals surface area contributed by atoms with E-state index >= 15 is 0 Å². The molecule has 1 aliphatic heterocycles. The van der Waals surface area contributed by atoms with E-state index in [9.17, 15) is 4.79 Å². The van der Waals surface area contributed by atoms with Gasteiger partial charge in [-0.1, -0.05) is 25.6 Å². The van der Waals surface area contributed by atoms with E-state index < -0.39 is 0 Å². The van der Waals surface area contributed by atoms with Crippen molar-refractivity contribution in [3.63, 3.8) is 0 Å². The molecule has 0 amide bonds. The van der Waals surface area contributed by atoms with Crippen LogP contribution in [-0.4, -0.2) is 10.4 Å². The van der Waals surface area contributed by atoms with E-state index in [1.165, 1.54) is 11.8 Å². The molecule has 1 aliphatic rings. The number of hydrogen-bond donors (Lipinski definition) is 0. The average Bonchev–Trinajstić information content (AvgIpc) is 1.81. The Bertz CT molecular complexity index is 111. The number of carbonyl (C=O) groups excluding carboxylic acids is 1. The summed E-state index contributed by atoms with van der Waals surface area (Å²) in [4.78, 5) is 10.6. The number of carbonyl (C=O) groups is 1. The van der Waals surface area contributed by atoms with Crippen LogP contribution >= 0.6 is 11.8 Å². The van der Waals surface area contributed by atoms with Crippen LogP contribution in [0.1, 0.15) is 20.3 Å². The first-order valence-electron chi connectivity index (χ1n) is 2.96. The maximum absolute atomic E-state index is 10.6. The zero-order valence-corrected chi connectivity index (χ0v) is 5.99. The Hall–Kier alpha value is 0.0200. The lowest BCUT2D eigenvalue weighted by Gasteiger charge is -2.29. The topological polar surface area (TPSA) is 17.1 Å². The molecule has 2 atom stereocenters. The van der Waals surface area contributed by atoms with Gasteiger partial charge in [0.1, 0.15) is 0 Å². The summed E-state index contributed by atoms with van der Waals surface area (Å²) >= 11 is 1.50. The summed E-state index contributed by atoms with van der Waals surface area (Å²) in [7, 11) is 0. The van der Waals surface area contributed by atoms with E-state index in [1.54, 1.807) is 0 Å². The van der Waals surface area contributed by atoms with Crippen molar-refractivity contribution < 1.29 is 4.79 Å². The van der Waals surface area contributed by atoms with Crippen molar-refractivity contribution in [3.8, 4) is 0 Å². The van der Waals surface area contributed by atoms with Gasteiger partial charge >= 0.3 is 0 Å². The molecule has 1 fully saturated rings. The first kappa shape index (κ1) is 6.14. The Kier molecular flexibility index (Phi) is 1.61. The van der Waals surface area contributed by atoms with E-state index in [0.717, 1.165) is 6.42 Å². The van der Waals surface area contributed by atoms with E-state index in [4.69, 9.17) is 0 Å². The van der Waals surface area contributed by atoms with Gasteiger partial charge in [-0.15, -0.1) is 0 Å². The Morgan fingerprint density at radius 3 is 2.50 bits per heavy atom. The van der Waals surface area contributed by atoms with Crippen LogP contribution in [0.15, 0.2) is 0 Å². The molecule has 1 nitrogen and oxygen atoms in total. The van der Waals surface area contributed by atoms with Gasteiger partial charge in [-0.05, 0) is 6.42 Å². The fraction of sp³-hybridized carbons (Fsp3) is 0.833. The second-order valence-corrected chi connectivity index (χ2v) is 3.42. The Balaban J connectivity index is 2.35. The molecule has 0 aromatic carbocycles. The summed E-state index contributed by atoms with van der Waals surface area (Å²) < 4.78 is 0. The Morgan fingerprint density at radius 2 is 2.38 bits per heavy atom. The molecule has 0 bridgehead atoms. The second kappa shape index (κ2) is 2.09. The van der Waals surface area contributed by atoms with Crippen molar-refractivity contribution in [2.45, 2.75) is 25.5 Å². The van der Waals surface area contributed by atoms with E-state index in [1.807, 2.05) is 6.92 Å². The van der Waals surface area contributed by atoms with Crippen LogP contribution in [0.4, 0.5) is 0 Å². The first-order valence-corrected chi connectivity index (χ1v) is 3.84. The van der Waals surface area contributed by atoms with Crippen molar-refractivity contribution >= 4 is 16.9 Å². The summed E-state index contributed by atoms with van der Waals surface area (Å²) in [5, 5.41) is 0.999. The molecule has 1 rings (SSSR count). The molecule has 2 unspecified atom stereocenters. The number of hydrogen-bond acceptors (Lipinski definition) is 2. The van der Waals surface area contributed by atoms with Crippen LogP contribution in [0.25, 0.3) is 0 Å². The largest absolute Gasteiger partial charge is 0.287 e. The summed E-state index contributed by atoms with van der Waals surface area (Å²) in [6, 6.07) is 0. The molecule has 0 radical (unpaired) electrons. The standard InChI is InChI=1S/C6H10OS/c1-3-5-4(2)6(7)8-5/h4-5H,3H2,1-2H3. The quantitative estimate of drug-likeness (QED) is 0.537. The van der Waals surface area contributed by atoms with Gasteiger partial charge in [-0.3, -0.25) is 4.79 Å². The van der Waals surface area contributed by atoms with Crippen molar-refractivity contribution in [1.29, 1.82) is 0 Å². The third-order valence-corrected chi connectivity index (χ3v) is 3.25. The maximum atomic E-state index is 10.6. The minimum absolute atomic E-state index is 0.338. The highest BCUT2D eigenvalue weighted by Crippen LogP contribution is 2.37. The third kappa shape index (κ3) is 0.772. The van der Waals surface area contributed by atoms with Crippen LogP contribution in [0.3, 0.4) is 0 Å². The highest BCUT2D eigenvalue weighted by Gasteiger charge is 2.35. The van der Waals surface area contributed by atoms with Crippen molar-refractivity contribution in [2.75, 3.05) is 0 Å². The van der Waals surface area contributed by atoms with Gasteiger partial charge in [-0.2, -0.15) is 0 Å². The molecule has 0 aromatic rings. The SMILES string of the molecule is CCC1SC(=O)C1C. The normalized spacial score (nSPS) is 37.0. The average molecular weight is 130 g/mol. The van der Waals surface area contributed by atoms with Gasteiger partial charge in [0.25, 0.3) is 0 Å². The molecule has 0 saturated carbocycles. The van der Waals surface area contributed by atoms with Gasteiger partial charge in [-0.25, -0.2) is 0 Å². The highest BCUT2D eigenvalue weighted by atomic mass is 32.2. The molecule has 0 aliphatic carbocycles. The zero-order valence-electron chi connectivity index (χ0n) is 5.18. The Labute approximate surface area is 53.8 Å². The molecule has 1 heterocycles. The van der Waals surface area contributed by atoms with Crippen molar-refractivity contribution in [2.24, 2.45) is 5.92 Å². The number of rotatable bonds is 1. The molecule has 2 heteroatoms. The predicted molar refractivity (Wildman–Crippen MR) is 35.8 cm³/mol. The zero-order chi connectivity index (χ0) is 6.15. The molecular formula is C6H10OS. The summed E-state index contributed by atoms with van der Waals surface area (Å²) in [6.45, 7) is 4.13. The van der Waals surface area contributed by atoms with E-state index in [-0.39, 0.29) is 0 Å². The van der Waals surface area contributed by atoms with Crippen molar-refractivity contribution in [1.82, 2.24) is 0 Å². The molecule has 1 saturated heterocycles. The second-order valence-electron chi connectivity index (χ2n) is 2.17. The Morgan fingerprint density at radius 1 is 1.75 bits per heavy atom. The lowest BCUT2D eigenvalue weighted by Crippen LogP contribution is -2.32. The lowest BCUT2D eigenvalue weighted by atomic mass is 10.1. The van der Waals surface area contributed by atoms with Crippen LogP contribution in [0.2, 0.25) is 0 Å². The summed E-state index contributed by atoms with van der Waals surface area (Å²) in [5.41, 5.74) is 0. The molecule has 0 aromatic heterocycles. The summed E-state index contributed by atoms with van der Waals surface area (Å²) in [5.74, 6) is 0.338. The fourth-order valence-electron chi connectivity index (χ4n) is 0.875. The molecular weight excluding hydrogens is 120 g/mol. The van der Waals surface area contributed by atoms with Gasteiger partial charge in [0, 0.05) is 11.2 Å². The van der Waals surface area contributed by atoms with Gasteiger partial charge in [0.05, 0.1) is 0 Å². The monoisotopic (exact) mass is 130 g/mol. The van der Waals surface area contributed by atoms with Gasteiger partial charge in [0.15, 0.2) is 5.12 Å². The molecule has 0 N–H and O–H groups in total. The fourth-order valence-corrected chi connectivity index (χ4v) is 1.82. The number of thioether (sulfide) groups is 1. The molecule has 46 valence electrons. The van der Waals surface area contributed by atoms with Crippen molar-refractivity contribution in [3.05, 3.63) is 0 Å². The lowest BCUT2D eigenvalue weighted by molar-refractivity contribution is -0.115. The third-order valence-electron chi connectivity index (χ3n) is 1.60. The van der Waals surface area contributed by atoms with E-state index in [2.05, 4.69) is 6.92 Å². The highest BCUT2D eigenvalue weighted by molar-refractivity contribution is 8.16. The molecule has 8 heavy (non-hydrogen) atoms. The van der Waals surface area contributed by atoms with Crippen LogP contribution < -0.4 is 0 Å². The van der Waals surface area contributed by atoms with E-state index in [0.29, 0.717) is 16.3 Å². The van der Waals surface area contributed by atoms with Crippen LogP contribution in [0, 0.1) is 5.92 Å². The minimum atomic E-state index is 0.338. The molecule has 0 spiro atoms. The maximum Gasteiger partial charge on any atom is 0.193 e. The summed E-state index contributed by atoms with van der Waals surface area (Å²) in [6.07, 6.45) is 1.14.